The molecule has 0 spiro atoms. The molecule has 3 nitrogen and oxygen atoms in total. The fourth-order valence-corrected chi connectivity index (χ4v) is 2.89. The van der Waals surface area contributed by atoms with E-state index in [1.807, 2.05) is 13.2 Å². The zero-order chi connectivity index (χ0) is 9.97. The highest BCUT2D eigenvalue weighted by Gasteiger charge is 2.17. The largest absolute Gasteiger partial charge is 0.307 e. The lowest BCUT2D eigenvalue weighted by atomic mass is 10.1. The van der Waals surface area contributed by atoms with Crippen molar-refractivity contribution < 1.29 is 0 Å². The lowest BCUT2D eigenvalue weighted by molar-refractivity contribution is 0.685. The Balaban J connectivity index is 2.36. The summed E-state index contributed by atoms with van der Waals surface area (Å²) < 4.78 is 8.28. The lowest BCUT2D eigenvalue weighted by Gasteiger charge is -2.12. The van der Waals surface area contributed by atoms with Gasteiger partial charge in [-0.1, -0.05) is 0 Å². The minimum Gasteiger partial charge on any atom is -0.307 e. The summed E-state index contributed by atoms with van der Waals surface area (Å²) in [5.41, 5.74) is 2.31. The Kier molecular flexibility index (Phi) is 2.90. The molecule has 0 aliphatic heterocycles. The molecule has 1 unspecified atom stereocenters. The zero-order valence-electron chi connectivity index (χ0n) is 8.02. The van der Waals surface area contributed by atoms with Gasteiger partial charge in [-0.2, -0.15) is 8.75 Å². The standard InChI is InChI=1S/C9H11N3S2/c1-6-3-4-13-9(6)8(10-2)7-5-11-14-12-7/h3-5,8,10H,1-2H3. The Labute approximate surface area is 91.1 Å². The van der Waals surface area contributed by atoms with Crippen LogP contribution in [0.4, 0.5) is 0 Å². The number of aromatic nitrogens is 2. The molecular formula is C9H11N3S2. The summed E-state index contributed by atoms with van der Waals surface area (Å²) in [6.07, 6.45) is 1.82. The van der Waals surface area contributed by atoms with Gasteiger partial charge in [-0.25, -0.2) is 0 Å². The van der Waals surface area contributed by atoms with Gasteiger partial charge in [0, 0.05) is 4.88 Å². The monoisotopic (exact) mass is 225 g/mol. The van der Waals surface area contributed by atoms with E-state index >= 15 is 0 Å². The Morgan fingerprint density at radius 2 is 2.36 bits per heavy atom. The van der Waals surface area contributed by atoms with E-state index in [1.54, 1.807) is 11.3 Å². The van der Waals surface area contributed by atoms with Crippen LogP contribution in [0, 0.1) is 6.92 Å². The topological polar surface area (TPSA) is 37.8 Å². The van der Waals surface area contributed by atoms with E-state index in [0.717, 1.165) is 5.69 Å². The first-order valence-corrected chi connectivity index (χ1v) is 5.92. The maximum absolute atomic E-state index is 4.26. The summed E-state index contributed by atoms with van der Waals surface area (Å²) in [6, 6.07) is 2.32. The predicted molar refractivity (Wildman–Crippen MR) is 59.9 cm³/mol. The van der Waals surface area contributed by atoms with E-state index in [9.17, 15) is 0 Å². The van der Waals surface area contributed by atoms with Gasteiger partial charge in [0.05, 0.1) is 29.7 Å². The average Bonchev–Trinajstić information content (AvgIpc) is 2.80. The molecule has 0 saturated heterocycles. The second kappa shape index (κ2) is 4.16. The SMILES string of the molecule is CNC(c1cnsn1)c1sccc1C. The van der Waals surface area contributed by atoms with Crippen LogP contribution in [-0.2, 0) is 0 Å². The Morgan fingerprint density at radius 3 is 2.86 bits per heavy atom. The van der Waals surface area contributed by atoms with Gasteiger partial charge in [-0.05, 0) is 31.0 Å². The van der Waals surface area contributed by atoms with E-state index in [1.165, 1.54) is 22.2 Å². The molecule has 5 heteroatoms. The molecule has 0 radical (unpaired) electrons. The van der Waals surface area contributed by atoms with Crippen LogP contribution in [0.2, 0.25) is 0 Å². The highest BCUT2D eigenvalue weighted by Crippen LogP contribution is 2.27. The number of hydrogen-bond acceptors (Lipinski definition) is 5. The lowest BCUT2D eigenvalue weighted by Crippen LogP contribution is -2.17. The van der Waals surface area contributed by atoms with Gasteiger partial charge in [0.15, 0.2) is 0 Å². The van der Waals surface area contributed by atoms with Crippen molar-refractivity contribution in [3.05, 3.63) is 33.8 Å². The van der Waals surface area contributed by atoms with E-state index in [-0.39, 0.29) is 6.04 Å². The van der Waals surface area contributed by atoms with Crippen LogP contribution >= 0.6 is 23.1 Å². The third-order valence-electron chi connectivity index (χ3n) is 2.13. The van der Waals surface area contributed by atoms with E-state index in [4.69, 9.17) is 0 Å². The number of nitrogens with zero attached hydrogens (tertiary/aromatic N) is 2. The number of nitrogens with one attached hydrogen (secondary N) is 1. The second-order valence-corrected chi connectivity index (χ2v) is 4.53. The second-order valence-electron chi connectivity index (χ2n) is 3.02. The molecule has 1 N–H and O–H groups in total. The average molecular weight is 225 g/mol. The molecule has 2 rings (SSSR count). The highest BCUT2D eigenvalue weighted by molar-refractivity contribution is 7.10. The molecule has 0 aromatic carbocycles. The van der Waals surface area contributed by atoms with Gasteiger partial charge in [-0.3, -0.25) is 0 Å². The van der Waals surface area contributed by atoms with Crippen molar-refractivity contribution in [2.24, 2.45) is 0 Å². The molecule has 0 aliphatic carbocycles. The van der Waals surface area contributed by atoms with Crippen LogP contribution in [0.1, 0.15) is 22.2 Å². The van der Waals surface area contributed by atoms with Crippen molar-refractivity contribution in [1.29, 1.82) is 0 Å². The molecule has 2 heterocycles. The normalized spacial score (nSPS) is 13.0. The zero-order valence-corrected chi connectivity index (χ0v) is 9.65. The first-order valence-electron chi connectivity index (χ1n) is 4.31. The summed E-state index contributed by atoms with van der Waals surface area (Å²) in [5.74, 6) is 0. The fraction of sp³-hybridized carbons (Fsp3) is 0.333. The van der Waals surface area contributed by atoms with Gasteiger partial charge in [0.1, 0.15) is 0 Å². The van der Waals surface area contributed by atoms with Crippen LogP contribution in [-0.4, -0.2) is 15.8 Å². The molecule has 2 aromatic heterocycles. The molecule has 0 saturated carbocycles. The van der Waals surface area contributed by atoms with Crippen molar-refractivity contribution in [2.45, 2.75) is 13.0 Å². The van der Waals surface area contributed by atoms with Gasteiger partial charge in [0.2, 0.25) is 0 Å². The van der Waals surface area contributed by atoms with E-state index in [0.29, 0.717) is 0 Å². The summed E-state index contributed by atoms with van der Waals surface area (Å²) in [4.78, 5) is 1.32. The maximum Gasteiger partial charge on any atom is 0.0965 e. The Hall–Kier alpha value is -0.780. The highest BCUT2D eigenvalue weighted by atomic mass is 32.1. The van der Waals surface area contributed by atoms with Crippen LogP contribution in [0.3, 0.4) is 0 Å². The summed E-state index contributed by atoms with van der Waals surface area (Å²) in [6.45, 7) is 2.12. The van der Waals surface area contributed by atoms with Gasteiger partial charge >= 0.3 is 0 Å². The molecule has 1 atom stereocenters. The van der Waals surface area contributed by atoms with Crippen molar-refractivity contribution in [3.63, 3.8) is 0 Å². The van der Waals surface area contributed by atoms with Crippen molar-refractivity contribution in [2.75, 3.05) is 7.05 Å². The summed E-state index contributed by atoms with van der Waals surface area (Å²) in [5, 5.41) is 5.37. The molecule has 0 aliphatic rings. The van der Waals surface area contributed by atoms with E-state index in [2.05, 4.69) is 32.4 Å². The smallest absolute Gasteiger partial charge is 0.0965 e. The number of hydrogen-bond donors (Lipinski definition) is 1. The third-order valence-corrected chi connectivity index (χ3v) is 3.70. The van der Waals surface area contributed by atoms with Crippen LogP contribution in [0.25, 0.3) is 0 Å². The van der Waals surface area contributed by atoms with Gasteiger partial charge in [0.25, 0.3) is 0 Å². The molecule has 0 bridgehead atoms. The molecular weight excluding hydrogens is 214 g/mol. The van der Waals surface area contributed by atoms with Crippen LogP contribution < -0.4 is 5.32 Å². The summed E-state index contributed by atoms with van der Waals surface area (Å²) >= 11 is 3.01. The number of thiophene rings is 1. The van der Waals surface area contributed by atoms with Crippen molar-refractivity contribution in [1.82, 2.24) is 14.1 Å². The van der Waals surface area contributed by atoms with Crippen molar-refractivity contribution in [3.8, 4) is 0 Å². The minimum absolute atomic E-state index is 0.189. The molecule has 0 fully saturated rings. The molecule has 2 aromatic rings. The number of aryl methyl sites for hydroxylation is 1. The van der Waals surface area contributed by atoms with Gasteiger partial charge < -0.3 is 5.32 Å². The van der Waals surface area contributed by atoms with Crippen LogP contribution in [0.5, 0.6) is 0 Å². The quantitative estimate of drug-likeness (QED) is 0.870. The first-order chi connectivity index (χ1) is 6.83. The predicted octanol–water partition coefficient (Wildman–Crippen LogP) is 2.22. The fourth-order valence-electron chi connectivity index (χ4n) is 1.39. The summed E-state index contributed by atoms with van der Waals surface area (Å²) in [7, 11) is 1.95. The third kappa shape index (κ3) is 1.70. The van der Waals surface area contributed by atoms with Gasteiger partial charge in [-0.15, -0.1) is 11.3 Å². The Morgan fingerprint density at radius 1 is 1.50 bits per heavy atom. The molecule has 74 valence electrons. The van der Waals surface area contributed by atoms with E-state index < -0.39 is 0 Å². The van der Waals surface area contributed by atoms with Crippen LogP contribution in [0.15, 0.2) is 17.6 Å². The molecule has 0 amide bonds. The van der Waals surface area contributed by atoms with Crippen molar-refractivity contribution >= 4 is 23.1 Å². The molecule has 14 heavy (non-hydrogen) atoms. The first kappa shape index (κ1) is 9.76. The maximum atomic E-state index is 4.26. The number of rotatable bonds is 3. The Bertz CT molecular complexity index is 394. The minimum atomic E-state index is 0.189.